The Labute approximate surface area is 170 Å². The average Bonchev–Trinajstić information content (AvgIpc) is 3.19. The fourth-order valence-electron chi connectivity index (χ4n) is 3.45. The Kier molecular flexibility index (Phi) is 5.39. The fraction of sp³-hybridized carbons (Fsp3) is 0.227. The predicted octanol–water partition coefficient (Wildman–Crippen LogP) is 3.54. The summed E-state index contributed by atoms with van der Waals surface area (Å²) < 4.78 is 7.38. The second-order valence-electron chi connectivity index (χ2n) is 6.95. The Hall–Kier alpha value is -3.45. The third-order valence-electron chi connectivity index (χ3n) is 4.95. The van der Waals surface area contributed by atoms with Crippen LogP contribution in [0.3, 0.4) is 0 Å². The van der Waals surface area contributed by atoms with Gasteiger partial charge < -0.3 is 15.0 Å². The minimum Gasteiger partial charge on any atom is -0.496 e. The number of rotatable bonds is 7. The van der Waals surface area contributed by atoms with Crippen LogP contribution in [0.4, 0.5) is 5.82 Å². The molecule has 0 radical (unpaired) electrons. The van der Waals surface area contributed by atoms with Gasteiger partial charge in [-0.1, -0.05) is 36.4 Å². The van der Waals surface area contributed by atoms with Crippen LogP contribution in [0.2, 0.25) is 0 Å². The van der Waals surface area contributed by atoms with Gasteiger partial charge in [0.1, 0.15) is 17.9 Å². The van der Waals surface area contributed by atoms with Crippen molar-refractivity contribution in [3.05, 3.63) is 72.7 Å². The molecular formula is C22H24N6O. The van der Waals surface area contributed by atoms with E-state index in [1.807, 2.05) is 53.2 Å². The van der Waals surface area contributed by atoms with Gasteiger partial charge in [-0.2, -0.15) is 5.10 Å². The van der Waals surface area contributed by atoms with E-state index in [1.165, 1.54) is 0 Å². The lowest BCUT2D eigenvalue weighted by molar-refractivity contribution is 0.300. The Morgan fingerprint density at radius 1 is 1.03 bits per heavy atom. The largest absolute Gasteiger partial charge is 0.496 e. The number of nitrogens with zero attached hydrogens (tertiary/aromatic N) is 5. The molecule has 7 heteroatoms. The number of aromatic nitrogens is 4. The zero-order valence-electron chi connectivity index (χ0n) is 16.8. The number of para-hydroxylation sites is 2. The number of nitrogens with one attached hydrogen (secondary N) is 1. The van der Waals surface area contributed by atoms with E-state index in [0.717, 1.165) is 33.9 Å². The highest BCUT2D eigenvalue weighted by Crippen LogP contribution is 2.29. The Morgan fingerprint density at radius 2 is 1.79 bits per heavy atom. The number of fused-ring (bicyclic) bond motifs is 1. The second kappa shape index (κ2) is 8.28. The van der Waals surface area contributed by atoms with Gasteiger partial charge >= 0.3 is 0 Å². The summed E-state index contributed by atoms with van der Waals surface area (Å²) in [4.78, 5) is 11.1. The first kappa shape index (κ1) is 18.9. The smallest absolute Gasteiger partial charge is 0.168 e. The van der Waals surface area contributed by atoms with Crippen molar-refractivity contribution in [1.29, 1.82) is 0 Å². The van der Waals surface area contributed by atoms with Crippen molar-refractivity contribution in [2.75, 3.05) is 33.1 Å². The summed E-state index contributed by atoms with van der Waals surface area (Å²) >= 11 is 0. The van der Waals surface area contributed by atoms with Gasteiger partial charge in [0.15, 0.2) is 5.65 Å². The molecule has 7 nitrogen and oxygen atoms in total. The highest BCUT2D eigenvalue weighted by molar-refractivity contribution is 5.87. The maximum Gasteiger partial charge on any atom is 0.168 e. The molecule has 1 N–H and O–H groups in total. The zero-order valence-corrected chi connectivity index (χ0v) is 16.8. The molecule has 2 heterocycles. The lowest BCUT2D eigenvalue weighted by Gasteiger charge is -2.26. The van der Waals surface area contributed by atoms with Gasteiger partial charge in [-0.3, -0.25) is 0 Å². The number of benzene rings is 2. The molecule has 0 aliphatic rings. The highest BCUT2D eigenvalue weighted by Gasteiger charge is 2.19. The number of hydrogen-bond acceptors (Lipinski definition) is 6. The molecular weight excluding hydrogens is 364 g/mol. The first-order valence-electron chi connectivity index (χ1n) is 9.46. The number of hydrogen-bond donors (Lipinski definition) is 1. The summed E-state index contributed by atoms with van der Waals surface area (Å²) in [5.74, 6) is 1.64. The molecule has 4 aromatic rings. The number of likely N-dealkylation sites (N-methyl/N-ethyl adjacent to an activating group) is 1. The molecule has 0 bridgehead atoms. The predicted molar refractivity (Wildman–Crippen MR) is 115 cm³/mol. The van der Waals surface area contributed by atoms with Crippen molar-refractivity contribution in [2.45, 2.75) is 6.04 Å². The first-order chi connectivity index (χ1) is 14.2. The number of methoxy groups -OCH3 is 1. The van der Waals surface area contributed by atoms with E-state index in [-0.39, 0.29) is 6.04 Å². The Morgan fingerprint density at radius 3 is 2.55 bits per heavy atom. The zero-order chi connectivity index (χ0) is 20.2. The monoisotopic (exact) mass is 388 g/mol. The molecule has 1 atom stereocenters. The maximum atomic E-state index is 5.56. The van der Waals surface area contributed by atoms with Crippen LogP contribution < -0.4 is 10.1 Å². The Balaban J connectivity index is 1.63. The van der Waals surface area contributed by atoms with E-state index in [1.54, 1.807) is 19.6 Å². The van der Waals surface area contributed by atoms with Gasteiger partial charge in [0, 0.05) is 12.1 Å². The van der Waals surface area contributed by atoms with Crippen molar-refractivity contribution in [3.8, 4) is 11.4 Å². The minimum absolute atomic E-state index is 0.111. The molecule has 0 aliphatic heterocycles. The summed E-state index contributed by atoms with van der Waals surface area (Å²) in [5, 5.41) is 8.88. The van der Waals surface area contributed by atoms with Crippen LogP contribution in [0.25, 0.3) is 16.7 Å². The SMILES string of the molecule is COc1ccccc1C(CNc1ncnc2c1cnn2-c1ccccc1)N(C)C. The topological polar surface area (TPSA) is 68.1 Å². The summed E-state index contributed by atoms with van der Waals surface area (Å²) in [7, 11) is 5.81. The van der Waals surface area contributed by atoms with Crippen LogP contribution in [-0.2, 0) is 0 Å². The van der Waals surface area contributed by atoms with Crippen molar-refractivity contribution < 1.29 is 4.74 Å². The molecule has 1 unspecified atom stereocenters. The van der Waals surface area contributed by atoms with E-state index in [9.17, 15) is 0 Å². The van der Waals surface area contributed by atoms with E-state index in [4.69, 9.17) is 4.74 Å². The average molecular weight is 388 g/mol. The molecule has 2 aromatic heterocycles. The second-order valence-corrected chi connectivity index (χ2v) is 6.95. The van der Waals surface area contributed by atoms with Gasteiger partial charge in [0.05, 0.1) is 30.4 Å². The van der Waals surface area contributed by atoms with E-state index in [0.29, 0.717) is 6.54 Å². The van der Waals surface area contributed by atoms with Gasteiger partial charge in [-0.05, 0) is 32.3 Å². The number of ether oxygens (including phenoxy) is 1. The van der Waals surface area contributed by atoms with Crippen LogP contribution in [0.5, 0.6) is 5.75 Å². The molecule has 0 fully saturated rings. The van der Waals surface area contributed by atoms with Crippen molar-refractivity contribution >= 4 is 16.9 Å². The standard InChI is InChI=1S/C22H24N6O/c1-27(2)19(17-11-7-8-12-20(17)29-3)14-23-21-18-13-26-28(22(18)25-15-24-21)16-9-5-4-6-10-16/h4-13,15,19H,14H2,1-3H3,(H,23,24,25). The lowest BCUT2D eigenvalue weighted by Crippen LogP contribution is -2.27. The maximum absolute atomic E-state index is 5.56. The quantitative estimate of drug-likeness (QED) is 0.522. The molecule has 0 saturated carbocycles. The van der Waals surface area contributed by atoms with Crippen LogP contribution in [0.15, 0.2) is 67.1 Å². The summed E-state index contributed by atoms with van der Waals surface area (Å²) in [6, 6.07) is 18.2. The van der Waals surface area contributed by atoms with Crippen LogP contribution in [0, 0.1) is 0 Å². The summed E-state index contributed by atoms with van der Waals surface area (Å²) in [6.45, 7) is 0.663. The molecule has 29 heavy (non-hydrogen) atoms. The van der Waals surface area contributed by atoms with E-state index in [2.05, 4.69) is 45.4 Å². The molecule has 0 spiro atoms. The highest BCUT2D eigenvalue weighted by atomic mass is 16.5. The van der Waals surface area contributed by atoms with Gasteiger partial charge in [-0.25, -0.2) is 14.6 Å². The third-order valence-corrected chi connectivity index (χ3v) is 4.95. The van der Waals surface area contributed by atoms with Crippen LogP contribution in [0.1, 0.15) is 11.6 Å². The van der Waals surface area contributed by atoms with Crippen molar-refractivity contribution in [1.82, 2.24) is 24.6 Å². The van der Waals surface area contributed by atoms with E-state index >= 15 is 0 Å². The minimum atomic E-state index is 0.111. The molecule has 0 aliphatic carbocycles. The fourth-order valence-corrected chi connectivity index (χ4v) is 3.45. The van der Waals surface area contributed by atoms with E-state index < -0.39 is 0 Å². The molecule has 4 rings (SSSR count). The lowest BCUT2D eigenvalue weighted by atomic mass is 10.0. The van der Waals surface area contributed by atoms with Crippen LogP contribution >= 0.6 is 0 Å². The first-order valence-corrected chi connectivity index (χ1v) is 9.46. The van der Waals surface area contributed by atoms with Crippen LogP contribution in [-0.4, -0.2) is 52.4 Å². The number of anilines is 1. The molecule has 2 aromatic carbocycles. The third kappa shape index (κ3) is 3.77. The Bertz CT molecular complexity index is 1090. The van der Waals surface area contributed by atoms with Gasteiger partial charge in [0.2, 0.25) is 0 Å². The van der Waals surface area contributed by atoms with Gasteiger partial charge in [-0.15, -0.1) is 0 Å². The summed E-state index contributed by atoms with van der Waals surface area (Å²) in [6.07, 6.45) is 3.37. The molecule has 0 amide bonds. The molecule has 0 saturated heterocycles. The van der Waals surface area contributed by atoms with Crippen molar-refractivity contribution in [3.63, 3.8) is 0 Å². The molecule has 148 valence electrons. The summed E-state index contributed by atoms with van der Waals surface area (Å²) in [5.41, 5.74) is 2.86. The normalized spacial score (nSPS) is 12.3. The van der Waals surface area contributed by atoms with Gasteiger partial charge in [0.25, 0.3) is 0 Å². The van der Waals surface area contributed by atoms with Crippen molar-refractivity contribution in [2.24, 2.45) is 0 Å².